The van der Waals surface area contributed by atoms with Crippen LogP contribution in [0.2, 0.25) is 0 Å². The van der Waals surface area contributed by atoms with E-state index >= 15 is 0 Å². The molecule has 140 valence electrons. The number of hydrogen-bond donors (Lipinski definition) is 0. The summed E-state index contributed by atoms with van der Waals surface area (Å²) >= 11 is 1.26. The highest BCUT2D eigenvalue weighted by molar-refractivity contribution is 7.98. The van der Waals surface area contributed by atoms with Crippen molar-refractivity contribution in [2.45, 2.75) is 5.16 Å². The van der Waals surface area contributed by atoms with Crippen molar-refractivity contribution < 1.29 is 18.0 Å². The molecule has 0 aliphatic heterocycles. The van der Waals surface area contributed by atoms with Crippen molar-refractivity contribution in [1.29, 1.82) is 0 Å². The maximum absolute atomic E-state index is 14.6. The number of rotatable bonds is 4. The van der Waals surface area contributed by atoms with Crippen molar-refractivity contribution in [3.05, 3.63) is 83.4 Å². The van der Waals surface area contributed by atoms with Crippen molar-refractivity contribution in [2.24, 2.45) is 0 Å². The number of aromatic nitrogens is 3. The third-order valence-corrected chi connectivity index (χ3v) is 4.76. The molecule has 0 aliphatic carbocycles. The van der Waals surface area contributed by atoms with Crippen LogP contribution in [-0.2, 0) is 0 Å². The van der Waals surface area contributed by atoms with Crippen molar-refractivity contribution >= 4 is 28.6 Å². The molecule has 0 unspecified atom stereocenters. The summed E-state index contributed by atoms with van der Waals surface area (Å²) in [5.74, 6) is -2.69. The summed E-state index contributed by atoms with van der Waals surface area (Å²) in [4.78, 5) is 21.5. The number of halogens is 3. The van der Waals surface area contributed by atoms with Gasteiger partial charge in [0.1, 0.15) is 28.8 Å². The van der Waals surface area contributed by atoms with Crippen LogP contribution in [0.25, 0.3) is 16.7 Å². The van der Waals surface area contributed by atoms with Crippen LogP contribution < -0.4 is 0 Å². The Morgan fingerprint density at radius 2 is 1.71 bits per heavy atom. The molecule has 0 saturated heterocycles. The monoisotopic (exact) mass is 399 g/mol. The summed E-state index contributed by atoms with van der Waals surface area (Å²) in [6, 6.07) is 9.85. The van der Waals surface area contributed by atoms with Gasteiger partial charge >= 0.3 is 0 Å². The Morgan fingerprint density at radius 3 is 2.36 bits per heavy atom. The molecule has 0 spiro atoms. The Labute approximate surface area is 162 Å². The van der Waals surface area contributed by atoms with E-state index in [0.29, 0.717) is 10.5 Å². The minimum absolute atomic E-state index is 0.00170. The summed E-state index contributed by atoms with van der Waals surface area (Å²) in [7, 11) is 0. The number of thioether (sulfide) groups is 1. The molecule has 2 aromatic heterocycles. The molecular weight excluding hydrogens is 387 g/mol. The summed E-state index contributed by atoms with van der Waals surface area (Å²) in [6.45, 7) is 0. The lowest BCUT2D eigenvalue weighted by atomic mass is 10.1. The second kappa shape index (κ2) is 7.12. The Bertz CT molecular complexity index is 1190. The zero-order valence-electron chi connectivity index (χ0n) is 14.5. The molecule has 4 aromatic rings. The number of benzene rings is 2. The van der Waals surface area contributed by atoms with E-state index in [4.69, 9.17) is 0 Å². The van der Waals surface area contributed by atoms with Crippen LogP contribution in [0.15, 0.2) is 59.9 Å². The number of carbonyl (C=O) groups is 1. The van der Waals surface area contributed by atoms with Gasteiger partial charge in [-0.3, -0.25) is 9.36 Å². The van der Waals surface area contributed by atoms with E-state index in [1.54, 1.807) is 6.26 Å². The van der Waals surface area contributed by atoms with Gasteiger partial charge in [0.25, 0.3) is 0 Å². The third kappa shape index (κ3) is 3.05. The fourth-order valence-corrected chi connectivity index (χ4v) is 3.25. The number of carbonyl (C=O) groups excluding carboxylic acids is 1. The Hall–Kier alpha value is -3.13. The lowest BCUT2D eigenvalue weighted by molar-refractivity contribution is 0.103. The van der Waals surface area contributed by atoms with Gasteiger partial charge < -0.3 is 0 Å². The van der Waals surface area contributed by atoms with Crippen LogP contribution in [0.4, 0.5) is 13.2 Å². The van der Waals surface area contributed by atoms with E-state index in [1.807, 2.05) is 0 Å². The molecule has 2 aromatic carbocycles. The second-order valence-corrected chi connectivity index (χ2v) is 6.68. The van der Waals surface area contributed by atoms with E-state index in [2.05, 4.69) is 9.97 Å². The first-order chi connectivity index (χ1) is 13.5. The molecule has 0 fully saturated rings. The molecule has 4 nitrogen and oxygen atoms in total. The zero-order valence-corrected chi connectivity index (χ0v) is 15.3. The average Bonchev–Trinajstić information content (AvgIpc) is 3.06. The fraction of sp³-hybridized carbons (Fsp3) is 0.0500. The van der Waals surface area contributed by atoms with Crippen molar-refractivity contribution in [3.63, 3.8) is 0 Å². The first-order valence-corrected chi connectivity index (χ1v) is 9.39. The highest BCUT2D eigenvalue weighted by atomic mass is 32.2. The first-order valence-electron chi connectivity index (χ1n) is 8.16. The Morgan fingerprint density at radius 1 is 1.04 bits per heavy atom. The van der Waals surface area contributed by atoms with Crippen molar-refractivity contribution in [2.75, 3.05) is 6.26 Å². The standard InChI is InChI=1S/C20H12F3N3OS/c1-28-20-24-10-12-9-16(18(27)11-5-7-13(21)8-6-11)26(19(12)25-20)17-14(22)3-2-4-15(17)23/h2-10H,1H3. The SMILES string of the molecule is CSc1ncc2cc(C(=O)c3ccc(F)cc3)n(-c3c(F)cccc3F)c2n1. The van der Waals surface area contributed by atoms with Gasteiger partial charge in [0.2, 0.25) is 5.78 Å². The van der Waals surface area contributed by atoms with Crippen LogP contribution in [0.5, 0.6) is 0 Å². The molecule has 28 heavy (non-hydrogen) atoms. The van der Waals surface area contributed by atoms with Crippen LogP contribution >= 0.6 is 11.8 Å². The highest BCUT2D eigenvalue weighted by Crippen LogP contribution is 2.29. The predicted molar refractivity (Wildman–Crippen MR) is 100 cm³/mol. The lowest BCUT2D eigenvalue weighted by Crippen LogP contribution is -2.12. The summed E-state index contributed by atoms with van der Waals surface area (Å²) < 4.78 is 43.5. The molecule has 0 atom stereocenters. The van der Waals surface area contributed by atoms with Gasteiger partial charge in [-0.2, -0.15) is 0 Å². The number of fused-ring (bicyclic) bond motifs is 1. The summed E-state index contributed by atoms with van der Waals surface area (Å²) in [6.07, 6.45) is 3.26. The molecule has 0 aliphatic rings. The quantitative estimate of drug-likeness (QED) is 0.281. The number of hydrogen-bond acceptors (Lipinski definition) is 4. The first kappa shape index (κ1) is 18.2. The molecule has 0 saturated carbocycles. The molecule has 0 amide bonds. The Balaban J connectivity index is 2.03. The molecule has 8 heteroatoms. The van der Waals surface area contributed by atoms with Gasteiger partial charge in [-0.05, 0) is 48.7 Å². The van der Waals surface area contributed by atoms with Crippen molar-refractivity contribution in [1.82, 2.24) is 14.5 Å². The smallest absolute Gasteiger partial charge is 0.209 e. The molecule has 4 rings (SSSR count). The average molecular weight is 399 g/mol. The molecule has 0 radical (unpaired) electrons. The largest absolute Gasteiger partial charge is 0.287 e. The zero-order chi connectivity index (χ0) is 19.8. The van der Waals surface area contributed by atoms with Crippen LogP contribution in [0.3, 0.4) is 0 Å². The minimum atomic E-state index is -0.838. The maximum atomic E-state index is 14.6. The number of ketones is 1. The normalized spacial score (nSPS) is 11.1. The van der Waals surface area contributed by atoms with E-state index in [0.717, 1.165) is 28.8 Å². The van der Waals surface area contributed by atoms with E-state index in [9.17, 15) is 18.0 Å². The van der Waals surface area contributed by atoms with E-state index in [-0.39, 0.29) is 16.9 Å². The van der Waals surface area contributed by atoms with Gasteiger partial charge in [0.05, 0.1) is 5.69 Å². The minimum Gasteiger partial charge on any atom is -0.287 e. The fourth-order valence-electron chi connectivity index (χ4n) is 2.92. The number of nitrogens with zero attached hydrogens (tertiary/aromatic N) is 3. The van der Waals surface area contributed by atoms with Gasteiger partial charge in [0, 0.05) is 17.1 Å². The topological polar surface area (TPSA) is 47.8 Å². The van der Waals surface area contributed by atoms with Crippen LogP contribution in [0, 0.1) is 17.5 Å². The maximum Gasteiger partial charge on any atom is 0.209 e. The van der Waals surface area contributed by atoms with Gasteiger partial charge in [-0.25, -0.2) is 23.1 Å². The molecular formula is C20H12F3N3OS. The predicted octanol–water partition coefficient (Wildman–Crippen LogP) is 4.79. The molecule has 0 bridgehead atoms. The molecule has 0 N–H and O–H groups in total. The van der Waals surface area contributed by atoms with E-state index in [1.165, 1.54) is 42.2 Å². The highest BCUT2D eigenvalue weighted by Gasteiger charge is 2.24. The second-order valence-electron chi connectivity index (χ2n) is 5.91. The third-order valence-electron chi connectivity index (χ3n) is 4.20. The van der Waals surface area contributed by atoms with Crippen LogP contribution in [-0.4, -0.2) is 26.6 Å². The number of para-hydroxylation sites is 1. The van der Waals surface area contributed by atoms with Gasteiger partial charge in [0.15, 0.2) is 5.16 Å². The summed E-state index contributed by atoms with van der Waals surface area (Å²) in [5.41, 5.74) is -0.0269. The Kier molecular flexibility index (Phi) is 4.64. The van der Waals surface area contributed by atoms with Crippen LogP contribution in [0.1, 0.15) is 16.1 Å². The summed E-state index contributed by atoms with van der Waals surface area (Å²) in [5, 5.41) is 0.843. The van der Waals surface area contributed by atoms with Gasteiger partial charge in [-0.15, -0.1) is 0 Å². The lowest BCUT2D eigenvalue weighted by Gasteiger charge is -2.12. The molecule has 2 heterocycles. The van der Waals surface area contributed by atoms with E-state index < -0.39 is 28.9 Å². The van der Waals surface area contributed by atoms with Crippen molar-refractivity contribution in [3.8, 4) is 5.69 Å². The van der Waals surface area contributed by atoms with Gasteiger partial charge in [-0.1, -0.05) is 17.8 Å².